The van der Waals surface area contributed by atoms with Crippen LogP contribution < -0.4 is 39.2 Å². The maximum absolute atomic E-state index is 4.15. The molecule has 9 aliphatic rings. The van der Waals surface area contributed by atoms with Crippen LogP contribution in [0.3, 0.4) is 0 Å². The highest BCUT2D eigenvalue weighted by Crippen LogP contribution is 2.28. The second-order valence-corrected chi connectivity index (χ2v) is 24.0. The zero-order chi connectivity index (χ0) is 51.6. The number of rotatable bonds is 4. The third kappa shape index (κ3) is 28.2. The topological polar surface area (TPSA) is 64.5 Å². The molecule has 0 spiro atoms. The predicted molar refractivity (Wildman–Crippen MR) is 302 cm³/mol. The summed E-state index contributed by atoms with van der Waals surface area (Å²) in [7, 11) is 20.1. The Morgan fingerprint density at radius 1 is 0.472 bits per heavy atom. The summed E-state index contributed by atoms with van der Waals surface area (Å²) in [5, 5.41) is 0. The molecule has 408 valence electrons. The fraction of sp³-hybridized carbons (Fsp3) is 0.738. The number of hydrogen-bond donors (Lipinski definition) is 8. The molecule has 2 unspecified atom stereocenters. The zero-order valence-corrected chi connectivity index (χ0v) is 48.4. The summed E-state index contributed by atoms with van der Waals surface area (Å²) in [6.45, 7) is 21.8. The molecule has 72 heavy (non-hydrogen) atoms. The fourth-order valence-corrected chi connectivity index (χ4v) is 11.8. The molecule has 1 saturated carbocycles. The van der Waals surface area contributed by atoms with E-state index in [0.29, 0.717) is 6.04 Å². The molecule has 3 aromatic rings. The van der Waals surface area contributed by atoms with E-state index in [1.165, 1.54) is 236 Å². The molecule has 1 aromatic carbocycles. The number of nitrogens with zero attached hydrogens (tertiary/aromatic N) is 3. The first-order valence-electron chi connectivity index (χ1n) is 30.0. The van der Waals surface area contributed by atoms with Crippen molar-refractivity contribution in [1.29, 1.82) is 0 Å². The van der Waals surface area contributed by atoms with Crippen molar-refractivity contribution in [3.63, 3.8) is 0 Å². The number of nitrogens with one attached hydrogen (secondary N) is 8. The van der Waals surface area contributed by atoms with E-state index in [1.54, 1.807) is 34.3 Å². The van der Waals surface area contributed by atoms with Gasteiger partial charge in [-0.05, 0) is 83.7 Å². The molecule has 0 radical (unpaired) electrons. The predicted octanol–water partition coefficient (Wildman–Crippen LogP) is -1.02. The first-order chi connectivity index (χ1) is 34.9. The largest absolute Gasteiger partial charge is 0.337 e. The zero-order valence-electron chi connectivity index (χ0n) is 48.4. The molecule has 9 fully saturated rings. The standard InChI is InChI=1S/C11H15N.C10H14N2.C9H17N.C7H10N2.C7H15N.C6H14N2.C6H13N.C5H11N/c1-2-6-11(7-3-1)10-12-8-4-5-9-12;1-12-7-3-5-10(12)9-4-2-6-11-8-9;1-10-6-8-2-3-9(7-10)5-4-8;1-9(2)7-3-5-8-6-4-7;1-8-6-4-2-3-5-7-8;1-7-3-5-8(2)6-4-7;1-7-5-3-2-4-6-7;1-6-4-2-3-5-6/h1-3,6-7H,4-5,8-10H2;2,4,6,8,10H,3,5,7H2,1H3;8-9H,2-7H2,1H3;3-6H,1-2H3;2-7H2,1H3;3-6H2,1-2H3;2-6H2,1H3;2-5H2,1H3/p+8. The van der Waals surface area contributed by atoms with Gasteiger partial charge in [0.05, 0.1) is 141 Å². The first kappa shape index (κ1) is 61.7. The van der Waals surface area contributed by atoms with Crippen molar-refractivity contribution in [1.82, 2.24) is 14.9 Å². The van der Waals surface area contributed by atoms with Gasteiger partial charge in [0.2, 0.25) is 0 Å². The van der Waals surface area contributed by atoms with Crippen molar-refractivity contribution in [3.05, 3.63) is 90.5 Å². The summed E-state index contributed by atoms with van der Waals surface area (Å²) in [6, 6.07) is 19.7. The maximum atomic E-state index is 4.15. The van der Waals surface area contributed by atoms with Crippen LogP contribution in [0.25, 0.3) is 0 Å². The molecule has 10 heterocycles. The number of likely N-dealkylation sites (tertiary alicyclic amines) is 5. The number of likely N-dealkylation sites (N-methyl/N-ethyl adjacent to an activating group) is 2. The average Bonchev–Trinajstić information content (AvgIpc) is 4.11. The molecule has 0 amide bonds. The highest BCUT2D eigenvalue weighted by molar-refractivity contribution is 5.24. The highest BCUT2D eigenvalue weighted by atomic mass is 15.2. The van der Waals surface area contributed by atoms with Gasteiger partial charge in [0.1, 0.15) is 18.3 Å². The Labute approximate surface area is 443 Å². The molecule has 11 heteroatoms. The number of piperidine rings is 1. The summed E-state index contributed by atoms with van der Waals surface area (Å²) in [4.78, 5) is 23.8. The van der Waals surface area contributed by atoms with E-state index in [4.69, 9.17) is 0 Å². The van der Waals surface area contributed by atoms with E-state index < -0.39 is 0 Å². The summed E-state index contributed by atoms with van der Waals surface area (Å²) < 4.78 is 0. The van der Waals surface area contributed by atoms with Gasteiger partial charge in [-0.15, -0.1) is 0 Å². The normalized spacial score (nSPS) is 26.0. The van der Waals surface area contributed by atoms with Crippen LogP contribution in [0.1, 0.15) is 126 Å². The van der Waals surface area contributed by atoms with Crippen LogP contribution in [0.5, 0.6) is 0 Å². The summed E-state index contributed by atoms with van der Waals surface area (Å²) in [5.74, 6) is 2.16. The third-order valence-electron chi connectivity index (χ3n) is 16.8. The Morgan fingerprint density at radius 3 is 1.38 bits per heavy atom. The van der Waals surface area contributed by atoms with Gasteiger partial charge < -0.3 is 39.2 Å². The molecule has 8 aliphatic heterocycles. The number of fused-ring (bicyclic) bond motifs is 4. The van der Waals surface area contributed by atoms with E-state index in [2.05, 4.69) is 115 Å². The van der Waals surface area contributed by atoms with Crippen LogP contribution in [0, 0.1) is 11.8 Å². The second-order valence-electron chi connectivity index (χ2n) is 24.0. The van der Waals surface area contributed by atoms with Gasteiger partial charge in [-0.3, -0.25) is 14.9 Å². The van der Waals surface area contributed by atoms with Gasteiger partial charge in [-0.25, -0.2) is 0 Å². The molecule has 2 bridgehead atoms. The lowest BCUT2D eigenvalue weighted by molar-refractivity contribution is -0.901. The van der Waals surface area contributed by atoms with E-state index in [9.17, 15) is 0 Å². The smallest absolute Gasteiger partial charge is 0.133 e. The summed E-state index contributed by atoms with van der Waals surface area (Å²) >= 11 is 0. The van der Waals surface area contributed by atoms with Crippen LogP contribution in [-0.4, -0.2) is 176 Å². The lowest BCUT2D eigenvalue weighted by atomic mass is 9.84. The van der Waals surface area contributed by atoms with Gasteiger partial charge in [0, 0.05) is 111 Å². The Balaban J connectivity index is 0.000000180. The maximum Gasteiger partial charge on any atom is 0.133 e. The molecular formula is C61H117N11+8. The van der Waals surface area contributed by atoms with Crippen LogP contribution in [0.2, 0.25) is 0 Å². The molecule has 8 saturated heterocycles. The summed E-state index contributed by atoms with van der Waals surface area (Å²) in [5.41, 5.74) is 4.15. The Hall–Kier alpha value is -2.84. The number of quaternary nitrogens is 8. The third-order valence-corrected chi connectivity index (χ3v) is 16.8. The van der Waals surface area contributed by atoms with Crippen molar-refractivity contribution in [3.8, 4) is 0 Å². The quantitative estimate of drug-likeness (QED) is 0.173. The van der Waals surface area contributed by atoms with Gasteiger partial charge in [-0.2, -0.15) is 0 Å². The minimum atomic E-state index is 0.693. The van der Waals surface area contributed by atoms with Crippen molar-refractivity contribution in [2.24, 2.45) is 11.8 Å². The van der Waals surface area contributed by atoms with E-state index in [0.717, 1.165) is 11.8 Å². The van der Waals surface area contributed by atoms with Crippen LogP contribution in [-0.2, 0) is 6.54 Å². The number of aromatic nitrogens is 2. The van der Waals surface area contributed by atoms with Crippen molar-refractivity contribution in [2.45, 2.75) is 122 Å². The van der Waals surface area contributed by atoms with Crippen molar-refractivity contribution in [2.75, 3.05) is 162 Å². The Bertz CT molecular complexity index is 1640. The number of hydrogen-bond acceptors (Lipinski definition) is 3. The molecule has 8 N–H and O–H groups in total. The van der Waals surface area contributed by atoms with Gasteiger partial charge >= 0.3 is 0 Å². The average molecular weight is 1000 g/mol. The molecule has 2 atom stereocenters. The van der Waals surface area contributed by atoms with Crippen LogP contribution in [0.15, 0.2) is 79.4 Å². The second kappa shape index (κ2) is 37.8. The Kier molecular flexibility index (Phi) is 32.4. The molecular weight excluding hydrogens is 887 g/mol. The Morgan fingerprint density at radius 2 is 0.944 bits per heavy atom. The SMILES string of the molecule is CN1CC[NH+](C)CC1.C[NH+](C)c1ccncc1.C[NH+]1CC2CCC(CC2)C1.C[NH+]1CCCC1.C[NH+]1CCCC1c1cccnc1.C[NH+]1CCCCC1.C[NH+]1CCCCCC1.c1ccc(C[NH+]2CCCC2)cc1. The van der Waals surface area contributed by atoms with Crippen molar-refractivity contribution >= 4 is 5.69 Å². The van der Waals surface area contributed by atoms with Crippen molar-refractivity contribution < 1.29 is 39.2 Å². The van der Waals surface area contributed by atoms with Gasteiger partial charge in [-0.1, -0.05) is 36.4 Å². The summed E-state index contributed by atoms with van der Waals surface area (Å²) in [6.07, 6.45) is 32.2. The number of piperazine rings is 1. The molecule has 11 nitrogen and oxygen atoms in total. The first-order valence-corrected chi connectivity index (χ1v) is 30.0. The number of pyridine rings is 2. The molecule has 1 aliphatic carbocycles. The highest BCUT2D eigenvalue weighted by Gasteiger charge is 2.30. The fourth-order valence-electron chi connectivity index (χ4n) is 11.8. The van der Waals surface area contributed by atoms with E-state index in [-0.39, 0.29) is 0 Å². The number of benzene rings is 1. The minimum absolute atomic E-state index is 0.693. The lowest BCUT2D eigenvalue weighted by Gasteiger charge is -2.26. The van der Waals surface area contributed by atoms with Crippen LogP contribution >= 0.6 is 0 Å². The van der Waals surface area contributed by atoms with E-state index >= 15 is 0 Å². The molecule has 2 aromatic heterocycles. The van der Waals surface area contributed by atoms with E-state index in [1.807, 2.05) is 43.0 Å². The van der Waals surface area contributed by atoms with Crippen LogP contribution in [0.4, 0.5) is 5.69 Å². The van der Waals surface area contributed by atoms with Gasteiger partial charge in [0.25, 0.3) is 0 Å². The molecule has 12 rings (SSSR count). The monoisotopic (exact) mass is 1000 g/mol. The minimum Gasteiger partial charge on any atom is -0.337 e. The lowest BCUT2D eigenvalue weighted by Crippen LogP contribution is -3.11. The van der Waals surface area contributed by atoms with Gasteiger partial charge in [0.15, 0.2) is 0 Å².